The fourth-order valence-electron chi connectivity index (χ4n) is 1.81. The van der Waals surface area contributed by atoms with Gasteiger partial charge in [0.1, 0.15) is 5.78 Å². The maximum absolute atomic E-state index is 11.1. The van der Waals surface area contributed by atoms with Gasteiger partial charge >= 0.3 is 0 Å². The molecule has 0 aromatic carbocycles. The summed E-state index contributed by atoms with van der Waals surface area (Å²) in [7, 11) is 0. The van der Waals surface area contributed by atoms with Gasteiger partial charge in [-0.05, 0) is 17.8 Å². The van der Waals surface area contributed by atoms with E-state index in [0.29, 0.717) is 24.5 Å². The number of Topliss-reactive ketones (excluding diaryl/α,β-unsaturated/α-hetero) is 1. The van der Waals surface area contributed by atoms with E-state index in [1.54, 1.807) is 0 Å². The van der Waals surface area contributed by atoms with E-state index in [1.807, 2.05) is 0 Å². The van der Waals surface area contributed by atoms with Crippen molar-refractivity contribution in [3.8, 4) is 0 Å². The molecule has 0 bridgehead atoms. The number of carbonyl (C=O) groups excluding carboxylic acids is 1. The Kier molecular flexibility index (Phi) is 2.33. The van der Waals surface area contributed by atoms with E-state index in [4.69, 9.17) is 5.11 Å². The molecule has 1 aliphatic carbocycles. The molecule has 0 aromatic rings. The summed E-state index contributed by atoms with van der Waals surface area (Å²) in [6, 6.07) is 0. The SMILES string of the molecule is CC1(C)CC(=O)CCC1CO. The Morgan fingerprint density at radius 2 is 2.27 bits per heavy atom. The van der Waals surface area contributed by atoms with Gasteiger partial charge in [-0.2, -0.15) is 0 Å². The maximum Gasteiger partial charge on any atom is 0.133 e. The largest absolute Gasteiger partial charge is 0.396 e. The smallest absolute Gasteiger partial charge is 0.133 e. The van der Waals surface area contributed by atoms with Crippen LogP contribution < -0.4 is 0 Å². The summed E-state index contributed by atoms with van der Waals surface area (Å²) in [4.78, 5) is 11.1. The summed E-state index contributed by atoms with van der Waals surface area (Å²) < 4.78 is 0. The van der Waals surface area contributed by atoms with Crippen LogP contribution in [-0.4, -0.2) is 17.5 Å². The Hall–Kier alpha value is -0.370. The third kappa shape index (κ3) is 1.80. The Labute approximate surface area is 67.6 Å². The molecular formula is C9H16O2. The van der Waals surface area contributed by atoms with E-state index in [2.05, 4.69) is 13.8 Å². The molecule has 0 saturated heterocycles. The number of hydrogen-bond acceptors (Lipinski definition) is 2. The van der Waals surface area contributed by atoms with Gasteiger partial charge in [0.05, 0.1) is 0 Å². The topological polar surface area (TPSA) is 37.3 Å². The second kappa shape index (κ2) is 2.94. The minimum Gasteiger partial charge on any atom is -0.396 e. The van der Waals surface area contributed by atoms with Crippen molar-refractivity contribution >= 4 is 5.78 Å². The molecule has 0 aliphatic heterocycles. The molecule has 11 heavy (non-hydrogen) atoms. The zero-order valence-corrected chi connectivity index (χ0v) is 7.26. The van der Waals surface area contributed by atoms with E-state index in [1.165, 1.54) is 0 Å². The third-order valence-corrected chi connectivity index (χ3v) is 2.75. The van der Waals surface area contributed by atoms with Crippen LogP contribution in [0, 0.1) is 11.3 Å². The summed E-state index contributed by atoms with van der Waals surface area (Å²) in [6.45, 7) is 4.34. The number of hydrogen-bond donors (Lipinski definition) is 1. The van der Waals surface area contributed by atoms with Crippen molar-refractivity contribution in [2.45, 2.75) is 33.1 Å². The van der Waals surface area contributed by atoms with Crippen LogP contribution in [0.3, 0.4) is 0 Å². The highest BCUT2D eigenvalue weighted by Gasteiger charge is 2.35. The number of ketones is 1. The minimum absolute atomic E-state index is 0.0179. The molecule has 1 N–H and O–H groups in total. The van der Waals surface area contributed by atoms with Crippen molar-refractivity contribution in [2.24, 2.45) is 11.3 Å². The second-order valence-electron chi connectivity index (χ2n) is 4.12. The quantitative estimate of drug-likeness (QED) is 0.622. The lowest BCUT2D eigenvalue weighted by molar-refractivity contribution is -0.125. The van der Waals surface area contributed by atoms with Gasteiger partial charge in [0.2, 0.25) is 0 Å². The molecule has 1 unspecified atom stereocenters. The van der Waals surface area contributed by atoms with Crippen LogP contribution in [0.25, 0.3) is 0 Å². The van der Waals surface area contributed by atoms with Gasteiger partial charge in [-0.25, -0.2) is 0 Å². The van der Waals surface area contributed by atoms with Crippen molar-refractivity contribution < 1.29 is 9.90 Å². The zero-order valence-electron chi connectivity index (χ0n) is 7.26. The number of aliphatic hydroxyl groups is 1. The Bertz CT molecular complexity index is 161. The fourth-order valence-corrected chi connectivity index (χ4v) is 1.81. The van der Waals surface area contributed by atoms with Crippen molar-refractivity contribution in [3.05, 3.63) is 0 Å². The summed E-state index contributed by atoms with van der Waals surface area (Å²) in [5, 5.41) is 9.00. The fraction of sp³-hybridized carbons (Fsp3) is 0.889. The van der Waals surface area contributed by atoms with Crippen LogP contribution in [0.1, 0.15) is 33.1 Å². The molecule has 1 rings (SSSR count). The average molecular weight is 156 g/mol. The lowest BCUT2D eigenvalue weighted by atomic mass is 9.69. The van der Waals surface area contributed by atoms with Gasteiger partial charge in [-0.3, -0.25) is 4.79 Å². The standard InChI is InChI=1S/C9H16O2/c1-9(2)5-8(11)4-3-7(9)6-10/h7,10H,3-6H2,1-2H3. The molecule has 1 fully saturated rings. The monoisotopic (exact) mass is 156 g/mol. The number of rotatable bonds is 1. The first-order valence-corrected chi connectivity index (χ1v) is 4.19. The molecule has 1 aliphatic rings. The minimum atomic E-state index is 0.0179. The van der Waals surface area contributed by atoms with Gasteiger partial charge in [0, 0.05) is 19.4 Å². The molecular weight excluding hydrogens is 140 g/mol. The number of aliphatic hydroxyl groups excluding tert-OH is 1. The first kappa shape index (κ1) is 8.72. The van der Waals surface area contributed by atoms with E-state index < -0.39 is 0 Å². The summed E-state index contributed by atoms with van der Waals surface area (Å²) in [5.74, 6) is 0.667. The number of carbonyl (C=O) groups is 1. The molecule has 0 spiro atoms. The summed E-state index contributed by atoms with van der Waals surface area (Å²) in [6.07, 6.45) is 2.16. The zero-order chi connectivity index (χ0) is 8.48. The van der Waals surface area contributed by atoms with E-state index in [-0.39, 0.29) is 12.0 Å². The van der Waals surface area contributed by atoms with Gasteiger partial charge < -0.3 is 5.11 Å². The highest BCUT2D eigenvalue weighted by atomic mass is 16.3. The van der Waals surface area contributed by atoms with E-state index in [0.717, 1.165) is 6.42 Å². The van der Waals surface area contributed by atoms with Crippen LogP contribution in [0.4, 0.5) is 0 Å². The second-order valence-corrected chi connectivity index (χ2v) is 4.12. The first-order chi connectivity index (χ1) is 5.06. The predicted octanol–water partition coefficient (Wildman–Crippen LogP) is 1.37. The Balaban J connectivity index is 2.63. The molecule has 64 valence electrons. The summed E-state index contributed by atoms with van der Waals surface area (Å²) in [5.41, 5.74) is 0.0179. The predicted molar refractivity (Wildman–Crippen MR) is 43.2 cm³/mol. The van der Waals surface area contributed by atoms with Crippen LogP contribution in [-0.2, 0) is 4.79 Å². The van der Waals surface area contributed by atoms with Crippen molar-refractivity contribution in [3.63, 3.8) is 0 Å². The highest BCUT2D eigenvalue weighted by molar-refractivity contribution is 5.79. The molecule has 1 atom stereocenters. The Morgan fingerprint density at radius 3 is 2.73 bits per heavy atom. The van der Waals surface area contributed by atoms with Crippen molar-refractivity contribution in [1.29, 1.82) is 0 Å². The van der Waals surface area contributed by atoms with Crippen molar-refractivity contribution in [2.75, 3.05) is 6.61 Å². The molecule has 1 saturated carbocycles. The molecule has 2 heteroatoms. The molecule has 0 amide bonds. The normalized spacial score (nSPS) is 30.5. The van der Waals surface area contributed by atoms with E-state index >= 15 is 0 Å². The third-order valence-electron chi connectivity index (χ3n) is 2.75. The van der Waals surface area contributed by atoms with Crippen LogP contribution in [0.2, 0.25) is 0 Å². The van der Waals surface area contributed by atoms with Crippen LogP contribution >= 0.6 is 0 Å². The first-order valence-electron chi connectivity index (χ1n) is 4.19. The Morgan fingerprint density at radius 1 is 1.64 bits per heavy atom. The van der Waals surface area contributed by atoms with Crippen molar-refractivity contribution in [1.82, 2.24) is 0 Å². The highest BCUT2D eigenvalue weighted by Crippen LogP contribution is 2.38. The van der Waals surface area contributed by atoms with Gasteiger partial charge in [-0.1, -0.05) is 13.8 Å². The lowest BCUT2D eigenvalue weighted by Gasteiger charge is -2.36. The van der Waals surface area contributed by atoms with Gasteiger partial charge in [-0.15, -0.1) is 0 Å². The lowest BCUT2D eigenvalue weighted by Crippen LogP contribution is -2.34. The maximum atomic E-state index is 11.1. The van der Waals surface area contributed by atoms with Crippen LogP contribution in [0.15, 0.2) is 0 Å². The van der Waals surface area contributed by atoms with Gasteiger partial charge in [0.15, 0.2) is 0 Å². The molecule has 0 aromatic heterocycles. The van der Waals surface area contributed by atoms with Gasteiger partial charge in [0.25, 0.3) is 0 Å². The molecule has 0 heterocycles. The van der Waals surface area contributed by atoms with Crippen LogP contribution in [0.5, 0.6) is 0 Å². The van der Waals surface area contributed by atoms with E-state index in [9.17, 15) is 4.79 Å². The molecule has 0 radical (unpaired) electrons. The average Bonchev–Trinajstić information content (AvgIpc) is 1.85. The summed E-state index contributed by atoms with van der Waals surface area (Å²) >= 11 is 0. The molecule has 2 nitrogen and oxygen atoms in total.